The van der Waals surface area contributed by atoms with Gasteiger partial charge in [0.25, 0.3) is 0 Å². The standard InChI is InChI=1S/C13H13BrNO2S.CH3.Y/c1-15(18(2,16)17)9-11-8-7-10-5-3-4-6-12(10)13(11)14;;/h3-8H,2,9H2,1H3;1H3;/q2*-1;+3. The molecule has 20 heavy (non-hydrogen) atoms. The monoisotopic (exact) mass is 430 g/mol. The van der Waals surface area contributed by atoms with Crippen molar-refractivity contribution in [3.8, 4) is 0 Å². The van der Waals surface area contributed by atoms with Crippen LogP contribution in [0.25, 0.3) is 10.8 Å². The molecule has 104 valence electrons. The minimum Gasteiger partial charge on any atom is -0.358 e. The van der Waals surface area contributed by atoms with Crippen LogP contribution in [0.15, 0.2) is 40.9 Å². The average Bonchev–Trinajstić information content (AvgIpc) is 2.32. The number of benzene rings is 2. The molecule has 0 unspecified atom stereocenters. The number of hydrogen-bond donors (Lipinski definition) is 0. The molecule has 0 saturated carbocycles. The van der Waals surface area contributed by atoms with Gasteiger partial charge in [-0.25, -0.2) is 19.0 Å². The molecule has 0 aliphatic carbocycles. The molecule has 0 amide bonds. The number of nitrogens with zero attached hydrogens (tertiary/aromatic N) is 1. The van der Waals surface area contributed by atoms with Gasteiger partial charge in [-0.15, -0.1) is 0 Å². The van der Waals surface area contributed by atoms with Crippen LogP contribution in [0.4, 0.5) is 0 Å². The van der Waals surface area contributed by atoms with Crippen molar-refractivity contribution >= 4 is 36.7 Å². The van der Waals surface area contributed by atoms with Gasteiger partial charge in [0.1, 0.15) is 0 Å². The normalized spacial score (nSPS) is 11.0. The third kappa shape index (κ3) is 4.60. The third-order valence-electron chi connectivity index (χ3n) is 2.81. The van der Waals surface area contributed by atoms with Gasteiger partial charge in [-0.2, -0.15) is 0 Å². The van der Waals surface area contributed by atoms with E-state index in [1.807, 2.05) is 36.4 Å². The van der Waals surface area contributed by atoms with Crippen LogP contribution in [-0.2, 0) is 49.3 Å². The van der Waals surface area contributed by atoms with Crippen molar-refractivity contribution in [2.45, 2.75) is 6.54 Å². The van der Waals surface area contributed by atoms with Crippen molar-refractivity contribution in [3.05, 3.63) is 60.1 Å². The fraction of sp³-hybridized carbons (Fsp3) is 0.143. The zero-order valence-electron chi connectivity index (χ0n) is 11.5. The minimum atomic E-state index is -3.41. The smallest absolute Gasteiger partial charge is 0.358 e. The van der Waals surface area contributed by atoms with Gasteiger partial charge in [-0.1, -0.05) is 36.4 Å². The second-order valence-electron chi connectivity index (χ2n) is 4.13. The summed E-state index contributed by atoms with van der Waals surface area (Å²) in [6.07, 6.45) is 3.14. The predicted octanol–water partition coefficient (Wildman–Crippen LogP) is 3.60. The van der Waals surface area contributed by atoms with E-state index in [9.17, 15) is 8.42 Å². The van der Waals surface area contributed by atoms with Gasteiger partial charge in [0.15, 0.2) is 0 Å². The van der Waals surface area contributed by atoms with Gasteiger partial charge >= 0.3 is 32.7 Å². The molecule has 0 aromatic heterocycles. The molecule has 0 aliphatic heterocycles. The van der Waals surface area contributed by atoms with E-state index in [1.165, 1.54) is 11.4 Å². The largest absolute Gasteiger partial charge is 3.00 e. The molecule has 0 spiro atoms. The second-order valence-corrected chi connectivity index (χ2v) is 6.71. The summed E-state index contributed by atoms with van der Waals surface area (Å²) in [6.45, 7) is 0.303. The Morgan fingerprint density at radius 3 is 2.40 bits per heavy atom. The minimum absolute atomic E-state index is 0. The van der Waals surface area contributed by atoms with E-state index in [1.54, 1.807) is 0 Å². The topological polar surface area (TPSA) is 37.4 Å². The summed E-state index contributed by atoms with van der Waals surface area (Å²) in [7, 11) is -1.89. The maximum absolute atomic E-state index is 11.3. The Balaban J connectivity index is 0.00000180. The van der Waals surface area contributed by atoms with Crippen molar-refractivity contribution < 1.29 is 41.1 Å². The van der Waals surface area contributed by atoms with Crippen LogP contribution in [0.1, 0.15) is 5.56 Å². The summed E-state index contributed by atoms with van der Waals surface area (Å²) in [4.78, 5) is 0. The Morgan fingerprint density at radius 1 is 1.20 bits per heavy atom. The van der Waals surface area contributed by atoms with Crippen molar-refractivity contribution in [1.29, 1.82) is 0 Å². The predicted molar refractivity (Wildman–Crippen MR) is 83.8 cm³/mol. The Morgan fingerprint density at radius 2 is 1.80 bits per heavy atom. The van der Waals surface area contributed by atoms with Crippen molar-refractivity contribution in [3.63, 3.8) is 0 Å². The van der Waals surface area contributed by atoms with Gasteiger partial charge in [0, 0.05) is 11.0 Å². The molecule has 0 atom stereocenters. The summed E-state index contributed by atoms with van der Waals surface area (Å²) >= 11 is 3.54. The third-order valence-corrected chi connectivity index (χ3v) is 4.83. The molecule has 0 aliphatic rings. The van der Waals surface area contributed by atoms with Crippen LogP contribution in [-0.4, -0.2) is 19.8 Å². The number of hydrogen-bond acceptors (Lipinski definition) is 2. The fourth-order valence-corrected chi connectivity index (χ4v) is 2.69. The van der Waals surface area contributed by atoms with E-state index in [4.69, 9.17) is 0 Å². The second kappa shape index (κ2) is 7.99. The Labute approximate surface area is 154 Å². The first-order valence-corrected chi connectivity index (χ1v) is 7.75. The first-order valence-electron chi connectivity index (χ1n) is 5.35. The zero-order valence-corrected chi connectivity index (χ0v) is 16.7. The molecule has 0 N–H and O–H groups in total. The summed E-state index contributed by atoms with van der Waals surface area (Å²) in [6, 6.07) is 11.9. The molecule has 0 saturated heterocycles. The number of rotatable bonds is 3. The zero-order chi connectivity index (χ0) is 13.3. The molecule has 2 aromatic carbocycles. The molecular weight excluding hydrogens is 415 g/mol. The van der Waals surface area contributed by atoms with Gasteiger partial charge in [-0.05, 0) is 39.3 Å². The van der Waals surface area contributed by atoms with Gasteiger partial charge < -0.3 is 7.43 Å². The Kier molecular flexibility index (Phi) is 8.07. The van der Waals surface area contributed by atoms with Crippen molar-refractivity contribution in [2.24, 2.45) is 0 Å². The first-order chi connectivity index (χ1) is 8.39. The maximum atomic E-state index is 11.3. The number of fused-ring (bicyclic) bond motifs is 1. The maximum Gasteiger partial charge on any atom is 3.00 e. The molecule has 0 radical (unpaired) electrons. The summed E-state index contributed by atoms with van der Waals surface area (Å²) in [5, 5.41) is 2.19. The molecule has 2 rings (SSSR count). The Hall–Kier alpha value is 0.194. The summed E-state index contributed by atoms with van der Waals surface area (Å²) in [5.41, 5.74) is 0.920. The molecule has 6 heteroatoms. The van der Waals surface area contributed by atoms with E-state index in [0.29, 0.717) is 6.54 Å². The summed E-state index contributed by atoms with van der Waals surface area (Å²) in [5.74, 6) is 0. The molecule has 0 heterocycles. The summed E-state index contributed by atoms with van der Waals surface area (Å²) < 4.78 is 24.8. The van der Waals surface area contributed by atoms with E-state index in [-0.39, 0.29) is 40.1 Å². The molecule has 0 bridgehead atoms. The fourth-order valence-electron chi connectivity index (χ4n) is 1.74. The molecule has 0 fully saturated rings. The van der Waals surface area contributed by atoms with Crippen LogP contribution in [0, 0.1) is 13.7 Å². The molecule has 3 nitrogen and oxygen atoms in total. The van der Waals surface area contributed by atoms with E-state index >= 15 is 0 Å². The van der Waals surface area contributed by atoms with E-state index in [2.05, 4.69) is 22.2 Å². The molecular formula is C14H16BrNO2SY+. The Bertz CT molecular complexity index is 689. The van der Waals surface area contributed by atoms with E-state index in [0.717, 1.165) is 20.8 Å². The molecule has 2 aromatic rings. The van der Waals surface area contributed by atoms with Crippen LogP contribution in [0.3, 0.4) is 0 Å². The van der Waals surface area contributed by atoms with Gasteiger partial charge in [0.2, 0.25) is 0 Å². The van der Waals surface area contributed by atoms with Crippen molar-refractivity contribution in [1.82, 2.24) is 4.31 Å². The van der Waals surface area contributed by atoms with Gasteiger partial charge in [0.05, 0.1) is 10.0 Å². The van der Waals surface area contributed by atoms with Crippen LogP contribution in [0.2, 0.25) is 0 Å². The first kappa shape index (κ1) is 20.2. The van der Waals surface area contributed by atoms with Crippen LogP contribution in [0.5, 0.6) is 0 Å². The van der Waals surface area contributed by atoms with Gasteiger partial charge in [-0.3, -0.25) is 0 Å². The van der Waals surface area contributed by atoms with Crippen LogP contribution < -0.4 is 0 Å². The van der Waals surface area contributed by atoms with Crippen LogP contribution >= 0.6 is 15.9 Å². The average molecular weight is 431 g/mol. The van der Waals surface area contributed by atoms with Crippen molar-refractivity contribution in [2.75, 3.05) is 7.05 Å². The number of sulfonamides is 1. The van der Waals surface area contributed by atoms with E-state index < -0.39 is 10.0 Å². The SMILES string of the molecule is [CH2-]S(=O)(=O)N(C)Cc1ccc2ccccc2c1Br.[CH3-].[Y+3]. The number of halogens is 1. The quantitative estimate of drug-likeness (QED) is 0.697.